The molecule has 1 rings (SSSR count). The van der Waals surface area contributed by atoms with Crippen LogP contribution in [0.15, 0.2) is 6.07 Å². The molecular formula is C10H12F3N3O. The average molecular weight is 247 g/mol. The van der Waals surface area contributed by atoms with Crippen molar-refractivity contribution in [1.82, 2.24) is 4.98 Å². The highest BCUT2D eigenvalue weighted by molar-refractivity contribution is 5.80. The summed E-state index contributed by atoms with van der Waals surface area (Å²) in [6.07, 6.45) is 0. The molecular weight excluding hydrogens is 235 g/mol. The van der Waals surface area contributed by atoms with E-state index in [1.54, 1.807) is 0 Å². The number of pyridine rings is 1. The molecule has 1 aromatic rings. The highest BCUT2D eigenvalue weighted by Gasteiger charge is 2.25. The summed E-state index contributed by atoms with van der Waals surface area (Å²) in [7, 11) is 0. The molecule has 1 aromatic heterocycles. The predicted molar refractivity (Wildman–Crippen MR) is 55.6 cm³/mol. The smallest absolute Gasteiger partial charge is 0.251 e. The molecule has 0 atom stereocenters. The van der Waals surface area contributed by atoms with Crippen molar-refractivity contribution in [2.75, 3.05) is 11.9 Å². The lowest BCUT2D eigenvalue weighted by molar-refractivity contribution is -0.125. The Morgan fingerprint density at radius 3 is 2.53 bits per heavy atom. The van der Waals surface area contributed by atoms with Crippen molar-refractivity contribution in [3.8, 4) is 0 Å². The van der Waals surface area contributed by atoms with E-state index in [0.29, 0.717) is 6.07 Å². The first-order valence-corrected chi connectivity index (χ1v) is 4.79. The first-order valence-electron chi connectivity index (χ1n) is 4.79. The molecule has 4 nitrogen and oxygen atoms in total. The maximum Gasteiger partial charge on any atom is 0.251 e. The number of rotatable bonds is 4. The normalized spacial score (nSPS) is 11.4. The van der Waals surface area contributed by atoms with Gasteiger partial charge in [0.1, 0.15) is 0 Å². The zero-order chi connectivity index (χ0) is 13.2. The van der Waals surface area contributed by atoms with Crippen LogP contribution in [0.5, 0.6) is 0 Å². The molecule has 1 amide bonds. The van der Waals surface area contributed by atoms with Crippen molar-refractivity contribution in [3.05, 3.63) is 23.6 Å². The maximum atomic E-state index is 13.2. The molecule has 0 saturated heterocycles. The Morgan fingerprint density at radius 1 is 1.41 bits per heavy atom. The van der Waals surface area contributed by atoms with E-state index < -0.39 is 34.7 Å². The molecule has 1 heterocycles. The number of nitrogens with one attached hydrogen (secondary N) is 1. The van der Waals surface area contributed by atoms with Gasteiger partial charge in [-0.2, -0.15) is 9.37 Å². The minimum absolute atomic E-state index is 0.0443. The van der Waals surface area contributed by atoms with Gasteiger partial charge in [0, 0.05) is 12.6 Å². The third-order valence-corrected chi connectivity index (χ3v) is 2.25. The number of carbonyl (C=O) groups excluding carboxylic acids is 1. The lowest BCUT2D eigenvalue weighted by Crippen LogP contribution is -2.37. The standard InChI is InChI=1S/C10H12F3N3O/c1-10(2,9(14)17)4-15-8-6(12)3-5(11)7(13)16-8/h3H,4H2,1-2H3,(H2,14,17)(H,15,16). The van der Waals surface area contributed by atoms with Crippen LogP contribution < -0.4 is 11.1 Å². The molecule has 0 aliphatic carbocycles. The Labute approximate surface area is 96.0 Å². The van der Waals surface area contributed by atoms with Crippen LogP contribution in [-0.4, -0.2) is 17.4 Å². The number of halogens is 3. The Balaban J connectivity index is 2.83. The highest BCUT2D eigenvalue weighted by Crippen LogP contribution is 2.18. The van der Waals surface area contributed by atoms with Crippen LogP contribution in [0.4, 0.5) is 19.0 Å². The molecule has 0 fully saturated rings. The van der Waals surface area contributed by atoms with Gasteiger partial charge in [0.25, 0.3) is 5.95 Å². The molecule has 0 aliphatic rings. The molecule has 3 N–H and O–H groups in total. The second-order valence-corrected chi connectivity index (χ2v) is 4.19. The predicted octanol–water partition coefficient (Wildman–Crippen LogP) is 1.42. The van der Waals surface area contributed by atoms with E-state index in [-0.39, 0.29) is 6.54 Å². The summed E-state index contributed by atoms with van der Waals surface area (Å²) in [6, 6.07) is 0.377. The second kappa shape index (κ2) is 4.60. The first kappa shape index (κ1) is 13.3. The molecule has 0 spiro atoms. The molecule has 0 unspecified atom stereocenters. The summed E-state index contributed by atoms with van der Waals surface area (Å²) in [5, 5.41) is 2.41. The largest absolute Gasteiger partial charge is 0.369 e. The average Bonchev–Trinajstić information content (AvgIpc) is 2.21. The van der Waals surface area contributed by atoms with Crippen molar-refractivity contribution in [2.45, 2.75) is 13.8 Å². The lowest BCUT2D eigenvalue weighted by Gasteiger charge is -2.21. The number of anilines is 1. The van der Waals surface area contributed by atoms with Crippen molar-refractivity contribution in [1.29, 1.82) is 0 Å². The molecule has 0 bridgehead atoms. The fourth-order valence-electron chi connectivity index (χ4n) is 0.960. The van der Waals surface area contributed by atoms with Crippen LogP contribution in [-0.2, 0) is 4.79 Å². The SMILES string of the molecule is CC(C)(CNc1nc(F)c(F)cc1F)C(N)=O. The third kappa shape index (κ3) is 3.08. The van der Waals surface area contributed by atoms with E-state index in [1.807, 2.05) is 0 Å². The van der Waals surface area contributed by atoms with E-state index in [2.05, 4.69) is 10.3 Å². The van der Waals surface area contributed by atoms with Crippen LogP contribution in [0.1, 0.15) is 13.8 Å². The Bertz CT molecular complexity index is 449. The third-order valence-electron chi connectivity index (χ3n) is 2.25. The number of carbonyl (C=O) groups is 1. The van der Waals surface area contributed by atoms with E-state index >= 15 is 0 Å². The lowest BCUT2D eigenvalue weighted by atomic mass is 9.93. The second-order valence-electron chi connectivity index (χ2n) is 4.19. The van der Waals surface area contributed by atoms with Gasteiger partial charge < -0.3 is 11.1 Å². The fourth-order valence-corrected chi connectivity index (χ4v) is 0.960. The number of hydrogen-bond donors (Lipinski definition) is 2. The van der Waals surface area contributed by atoms with E-state index in [0.717, 1.165) is 0 Å². The molecule has 0 saturated carbocycles. The van der Waals surface area contributed by atoms with Crippen LogP contribution in [0.25, 0.3) is 0 Å². The summed E-state index contributed by atoms with van der Waals surface area (Å²) in [4.78, 5) is 14.0. The zero-order valence-electron chi connectivity index (χ0n) is 9.35. The van der Waals surface area contributed by atoms with Crippen LogP contribution in [0.2, 0.25) is 0 Å². The van der Waals surface area contributed by atoms with Crippen molar-refractivity contribution in [3.63, 3.8) is 0 Å². The van der Waals surface area contributed by atoms with Gasteiger partial charge in [-0.3, -0.25) is 4.79 Å². The van der Waals surface area contributed by atoms with Crippen molar-refractivity contribution < 1.29 is 18.0 Å². The van der Waals surface area contributed by atoms with Crippen LogP contribution >= 0.6 is 0 Å². The Hall–Kier alpha value is -1.79. The van der Waals surface area contributed by atoms with E-state index in [4.69, 9.17) is 5.73 Å². The van der Waals surface area contributed by atoms with Crippen molar-refractivity contribution >= 4 is 11.7 Å². The first-order chi connectivity index (χ1) is 7.74. The van der Waals surface area contributed by atoms with Crippen LogP contribution in [0.3, 0.4) is 0 Å². The zero-order valence-corrected chi connectivity index (χ0v) is 9.35. The number of amides is 1. The summed E-state index contributed by atoms with van der Waals surface area (Å²) in [5.41, 5.74) is 4.14. The molecule has 0 aliphatic heterocycles. The van der Waals surface area contributed by atoms with Gasteiger partial charge in [-0.25, -0.2) is 8.78 Å². The fraction of sp³-hybridized carbons (Fsp3) is 0.400. The summed E-state index contributed by atoms with van der Waals surface area (Å²) in [5.74, 6) is -4.89. The number of hydrogen-bond acceptors (Lipinski definition) is 3. The van der Waals surface area contributed by atoms with Gasteiger partial charge >= 0.3 is 0 Å². The minimum atomic E-state index is -1.41. The minimum Gasteiger partial charge on any atom is -0.369 e. The maximum absolute atomic E-state index is 13.2. The highest BCUT2D eigenvalue weighted by atomic mass is 19.2. The summed E-state index contributed by atoms with van der Waals surface area (Å²) < 4.78 is 38.5. The molecule has 94 valence electrons. The number of nitrogens with zero attached hydrogens (tertiary/aromatic N) is 1. The molecule has 0 radical (unpaired) electrons. The van der Waals surface area contributed by atoms with E-state index in [9.17, 15) is 18.0 Å². The molecule has 17 heavy (non-hydrogen) atoms. The van der Waals surface area contributed by atoms with Gasteiger partial charge in [0.2, 0.25) is 5.91 Å². The van der Waals surface area contributed by atoms with Gasteiger partial charge in [-0.1, -0.05) is 0 Å². The number of aromatic nitrogens is 1. The Kier molecular flexibility index (Phi) is 3.59. The number of primary amides is 1. The van der Waals surface area contributed by atoms with Gasteiger partial charge in [-0.15, -0.1) is 0 Å². The van der Waals surface area contributed by atoms with Crippen molar-refractivity contribution in [2.24, 2.45) is 11.1 Å². The molecule has 0 aromatic carbocycles. The quantitative estimate of drug-likeness (QED) is 0.791. The summed E-state index contributed by atoms with van der Waals surface area (Å²) in [6.45, 7) is 3.01. The molecule has 7 heteroatoms. The van der Waals surface area contributed by atoms with E-state index in [1.165, 1.54) is 13.8 Å². The topological polar surface area (TPSA) is 68.0 Å². The van der Waals surface area contributed by atoms with Gasteiger partial charge in [0.05, 0.1) is 5.41 Å². The van der Waals surface area contributed by atoms with Gasteiger partial charge in [-0.05, 0) is 13.8 Å². The van der Waals surface area contributed by atoms with Gasteiger partial charge in [0.15, 0.2) is 17.5 Å². The monoisotopic (exact) mass is 247 g/mol. The van der Waals surface area contributed by atoms with Crippen LogP contribution in [0, 0.1) is 23.0 Å². The summed E-state index contributed by atoms with van der Waals surface area (Å²) >= 11 is 0. The number of nitrogens with two attached hydrogens (primary N) is 1. The Morgan fingerprint density at radius 2 is 2.00 bits per heavy atom.